The molecule has 0 unspecified atom stereocenters. The van der Waals surface area contributed by atoms with Crippen LogP contribution in [0.25, 0.3) is 0 Å². The highest BCUT2D eigenvalue weighted by molar-refractivity contribution is 7.96. The van der Waals surface area contributed by atoms with Gasteiger partial charge >= 0.3 is 0 Å². The maximum atomic E-state index is 8.98. The Morgan fingerprint density at radius 3 is 2.00 bits per heavy atom. The zero-order valence-corrected chi connectivity index (χ0v) is 2.75. The second-order valence-electron chi connectivity index (χ2n) is 0.305. The van der Waals surface area contributed by atoms with E-state index in [9.17, 15) is 0 Å². The van der Waals surface area contributed by atoms with Gasteiger partial charge in [-0.15, -0.1) is 12.6 Å². The lowest BCUT2D eigenvalue weighted by molar-refractivity contribution is -0.107. The number of rotatable bonds is 0. The maximum absolute atomic E-state index is 8.98. The van der Waals surface area contributed by atoms with Gasteiger partial charge in [0, 0.05) is 0 Å². The molecule has 0 aromatic rings. The number of carbonyl (C=O) groups excluding carboxylic acids is 1. The topological polar surface area (TPSA) is 17.1 Å². The predicted octanol–water partition coefficient (Wildman–Crippen LogP) is 0.0309. The highest BCUT2D eigenvalue weighted by atomic mass is 32.1. The van der Waals surface area contributed by atoms with Crippen molar-refractivity contribution >= 4 is 17.7 Å². The third-order valence-electron chi connectivity index (χ3n) is 0. The Kier molecular flexibility index (Phi) is 1.36. The molecule has 0 aliphatic heterocycles. The lowest BCUT2D eigenvalue weighted by Gasteiger charge is -1.53. The average molecular weight is 73.1 g/mol. The van der Waals surface area contributed by atoms with Gasteiger partial charge in [0.1, 0.15) is 0 Å². The second-order valence-corrected chi connectivity index (χ2v) is 0.711. The van der Waals surface area contributed by atoms with Gasteiger partial charge in [0.25, 0.3) is 0 Å². The first-order chi connectivity index (χ1) is 1.73. The van der Waals surface area contributed by atoms with Crippen molar-refractivity contribution in [2.45, 2.75) is 0 Å². The van der Waals surface area contributed by atoms with Crippen molar-refractivity contribution in [3.63, 3.8) is 0 Å². The molecule has 21 valence electrons. The first-order valence-electron chi connectivity index (χ1n) is 0.678. The van der Waals surface area contributed by atoms with Crippen molar-refractivity contribution in [2.24, 2.45) is 0 Å². The molecular weight excluding hydrogens is 72.1 g/mol. The smallest absolute Gasteiger partial charge is 0.195 e. The Morgan fingerprint density at radius 1 is 2.00 bits per heavy atom. The first kappa shape index (κ1) is 4.02. The van der Waals surface area contributed by atoms with Gasteiger partial charge in [-0.25, -0.2) is 0 Å². The number of hydrogen-bond donors (Lipinski definition) is 1. The molecule has 0 N–H and O–H groups in total. The van der Waals surface area contributed by atoms with Gasteiger partial charge < -0.3 is 0 Å². The molecule has 0 saturated heterocycles. The normalized spacial score (nSPS) is 6.50. The Labute approximate surface area is 30.4 Å². The van der Waals surface area contributed by atoms with E-state index in [1.165, 1.54) is 0 Å². The van der Waals surface area contributed by atoms with Crippen molar-refractivity contribution < 1.29 is 4.79 Å². The van der Waals surface area contributed by atoms with E-state index < -0.39 is 5.12 Å². The van der Waals surface area contributed by atoms with Crippen molar-refractivity contribution in [2.75, 3.05) is 0 Å². The Balaban J connectivity index is 2.80. The quantitative estimate of drug-likeness (QED) is 0.400. The molecule has 0 rings (SSSR count). The summed E-state index contributed by atoms with van der Waals surface area (Å²) in [5, 5.41) is -0.889. The minimum atomic E-state index is -0.889. The molecule has 0 amide bonds. The molecule has 3 radical (unpaired) electrons. The first-order valence-corrected chi connectivity index (χ1v) is 1.12. The van der Waals surface area contributed by atoms with Crippen LogP contribution >= 0.6 is 12.6 Å². The van der Waals surface area contributed by atoms with Crippen LogP contribution in [-0.2, 0) is 4.79 Å². The molecule has 2 heteroatoms. The van der Waals surface area contributed by atoms with Crippen LogP contribution < -0.4 is 0 Å². The van der Waals surface area contributed by atoms with Crippen LogP contribution in [0.2, 0.25) is 0 Å². The van der Waals surface area contributed by atoms with Gasteiger partial charge in [0.2, 0.25) is 0 Å². The molecule has 0 heterocycles. The highest BCUT2D eigenvalue weighted by Gasteiger charge is 1.66. The molecule has 0 fully saturated rings. The lowest BCUT2D eigenvalue weighted by atomic mass is 10.9. The summed E-state index contributed by atoms with van der Waals surface area (Å²) in [5.41, 5.74) is 0. The minimum absolute atomic E-state index is 0.889. The molecule has 1 nitrogen and oxygen atoms in total. The average Bonchev–Trinajstić information content (AvgIpc) is 0.811. The van der Waals surface area contributed by atoms with E-state index in [1.54, 1.807) is 0 Å². The molecule has 0 aromatic heterocycles. The molecule has 0 bridgehead atoms. The SMILES string of the molecule is [C]C(=O)S. The Bertz CT molecular complexity index is 29.0. The van der Waals surface area contributed by atoms with Gasteiger partial charge in [0.05, 0.1) is 6.92 Å². The van der Waals surface area contributed by atoms with Crippen LogP contribution in [0.1, 0.15) is 0 Å². The molecule has 0 atom stereocenters. The van der Waals surface area contributed by atoms with E-state index in [1.807, 2.05) is 0 Å². The van der Waals surface area contributed by atoms with E-state index in [0.717, 1.165) is 0 Å². The molecular formula is C2HOS. The fourth-order valence-electron chi connectivity index (χ4n) is 0. The van der Waals surface area contributed by atoms with Crippen molar-refractivity contribution in [1.29, 1.82) is 0 Å². The second kappa shape index (κ2) is 1.35. The zero-order chi connectivity index (χ0) is 3.58. The number of hydrogen-bond acceptors (Lipinski definition) is 1. The van der Waals surface area contributed by atoms with Crippen LogP contribution in [0.4, 0.5) is 0 Å². The van der Waals surface area contributed by atoms with E-state index in [4.69, 9.17) is 11.7 Å². The van der Waals surface area contributed by atoms with Crippen LogP contribution in [0.3, 0.4) is 0 Å². The fourth-order valence-corrected chi connectivity index (χ4v) is 0. The van der Waals surface area contributed by atoms with E-state index >= 15 is 0 Å². The largest absolute Gasteiger partial charge is 0.287 e. The number of carbonyl (C=O) groups is 1. The Morgan fingerprint density at radius 2 is 2.00 bits per heavy atom. The van der Waals surface area contributed by atoms with Crippen molar-refractivity contribution in [3.8, 4) is 0 Å². The van der Waals surface area contributed by atoms with E-state index in [-0.39, 0.29) is 0 Å². The number of thiol groups is 1. The van der Waals surface area contributed by atoms with Crippen LogP contribution in [0.5, 0.6) is 0 Å². The van der Waals surface area contributed by atoms with Crippen LogP contribution in [0, 0.1) is 6.92 Å². The zero-order valence-electron chi connectivity index (χ0n) is 1.86. The van der Waals surface area contributed by atoms with E-state index in [2.05, 4.69) is 12.6 Å². The summed E-state index contributed by atoms with van der Waals surface area (Å²) in [6.45, 7) is 5.81. The van der Waals surface area contributed by atoms with Gasteiger partial charge in [-0.2, -0.15) is 0 Å². The van der Waals surface area contributed by atoms with Gasteiger partial charge in [-0.05, 0) is 0 Å². The van der Waals surface area contributed by atoms with Crippen LogP contribution in [0.15, 0.2) is 0 Å². The summed E-state index contributed by atoms with van der Waals surface area (Å²) in [6, 6.07) is 0. The molecule has 0 aliphatic carbocycles. The third kappa shape index (κ3) is 5250. The van der Waals surface area contributed by atoms with Crippen molar-refractivity contribution in [3.05, 3.63) is 6.92 Å². The summed E-state index contributed by atoms with van der Waals surface area (Å²) in [4.78, 5) is 8.98. The molecule has 0 aromatic carbocycles. The summed E-state index contributed by atoms with van der Waals surface area (Å²) in [7, 11) is 0. The summed E-state index contributed by atoms with van der Waals surface area (Å²) in [5.74, 6) is 0. The maximum Gasteiger partial charge on any atom is 0.195 e. The van der Waals surface area contributed by atoms with Crippen molar-refractivity contribution in [1.82, 2.24) is 0 Å². The molecule has 0 aliphatic rings. The summed E-state index contributed by atoms with van der Waals surface area (Å²) >= 11 is 2.99. The molecule has 0 spiro atoms. The lowest BCUT2D eigenvalue weighted by Crippen LogP contribution is -1.63. The summed E-state index contributed by atoms with van der Waals surface area (Å²) < 4.78 is 0. The van der Waals surface area contributed by atoms with Gasteiger partial charge in [0.15, 0.2) is 5.12 Å². The van der Waals surface area contributed by atoms with E-state index in [0.29, 0.717) is 0 Å². The monoisotopic (exact) mass is 73.0 g/mol. The van der Waals surface area contributed by atoms with Crippen LogP contribution in [-0.4, -0.2) is 5.12 Å². The standard InChI is InChI=1S/C2HOS/c1-2(3)4/h(H,3,4). The molecule has 4 heavy (non-hydrogen) atoms. The third-order valence-corrected chi connectivity index (χ3v) is 0. The highest BCUT2D eigenvalue weighted by Crippen LogP contribution is 1.65. The molecule has 0 saturated carbocycles. The Hall–Kier alpha value is 0.0200. The predicted molar refractivity (Wildman–Crippen MR) is 17.2 cm³/mol. The van der Waals surface area contributed by atoms with Gasteiger partial charge in [-0.1, -0.05) is 0 Å². The minimum Gasteiger partial charge on any atom is -0.287 e. The fraction of sp³-hybridized carbons (Fsp3) is 0. The van der Waals surface area contributed by atoms with Gasteiger partial charge in [-0.3, -0.25) is 4.79 Å². The summed E-state index contributed by atoms with van der Waals surface area (Å²) in [6.07, 6.45) is 0.